The van der Waals surface area contributed by atoms with E-state index in [2.05, 4.69) is 52.3 Å². The Hall–Kier alpha value is -2.03. The highest BCUT2D eigenvalue weighted by Gasteiger charge is 1.98. The van der Waals surface area contributed by atoms with Gasteiger partial charge in [-0.1, -0.05) is 6.08 Å². The summed E-state index contributed by atoms with van der Waals surface area (Å²) in [6, 6.07) is 8.22. The van der Waals surface area contributed by atoms with Gasteiger partial charge in [-0.15, -0.1) is 0 Å². The first kappa shape index (κ1) is 12.4. The monoisotopic (exact) mass is 241 g/mol. The molecule has 2 rings (SSSR count). The van der Waals surface area contributed by atoms with Crippen LogP contribution in [0.3, 0.4) is 0 Å². The van der Waals surface area contributed by atoms with Crippen molar-refractivity contribution < 1.29 is 0 Å². The zero-order chi connectivity index (χ0) is 13.0. The number of benzene rings is 1. The van der Waals surface area contributed by atoms with Crippen molar-refractivity contribution in [3.63, 3.8) is 0 Å². The zero-order valence-corrected chi connectivity index (χ0v) is 11.2. The largest absolute Gasteiger partial charge is 0.378 e. The lowest BCUT2D eigenvalue weighted by atomic mass is 10.2. The number of aliphatic imine (C=N–C) groups is 1. The third kappa shape index (κ3) is 3.23. The molecule has 0 unspecified atom stereocenters. The molecule has 0 radical (unpaired) electrons. The Balaban J connectivity index is 2.03. The molecule has 1 aromatic carbocycles. The minimum atomic E-state index is 0.942. The van der Waals surface area contributed by atoms with E-state index in [1.54, 1.807) is 0 Å². The Morgan fingerprint density at radius 3 is 2.50 bits per heavy atom. The third-order valence-corrected chi connectivity index (χ3v) is 2.87. The average Bonchev–Trinajstić information content (AvgIpc) is 2.38. The number of likely N-dealkylation sites (N-methyl/N-ethyl adjacent to an activating group) is 1. The van der Waals surface area contributed by atoms with Crippen molar-refractivity contribution in [2.24, 2.45) is 4.99 Å². The Labute approximate surface area is 109 Å². The van der Waals surface area contributed by atoms with E-state index in [0.717, 1.165) is 17.8 Å². The van der Waals surface area contributed by atoms with E-state index in [-0.39, 0.29) is 0 Å². The summed E-state index contributed by atoms with van der Waals surface area (Å²) in [5, 5.41) is 0. The number of hydrogen-bond donors (Lipinski definition) is 0. The summed E-state index contributed by atoms with van der Waals surface area (Å²) in [5.41, 5.74) is 3.32. The summed E-state index contributed by atoms with van der Waals surface area (Å²) in [4.78, 5) is 8.68. The number of rotatable bonds is 3. The third-order valence-electron chi connectivity index (χ3n) is 2.87. The number of nitrogens with zero attached hydrogens (tertiary/aromatic N) is 3. The molecule has 0 atom stereocenters. The van der Waals surface area contributed by atoms with Crippen molar-refractivity contribution in [2.45, 2.75) is 0 Å². The maximum absolute atomic E-state index is 4.47. The second kappa shape index (κ2) is 5.54. The minimum Gasteiger partial charge on any atom is -0.378 e. The molecule has 1 aliphatic heterocycles. The fourth-order valence-corrected chi connectivity index (χ4v) is 1.67. The van der Waals surface area contributed by atoms with Gasteiger partial charge in [-0.2, -0.15) is 0 Å². The van der Waals surface area contributed by atoms with E-state index in [1.807, 2.05) is 32.4 Å². The Morgan fingerprint density at radius 2 is 1.94 bits per heavy atom. The van der Waals surface area contributed by atoms with Gasteiger partial charge < -0.3 is 9.80 Å². The highest BCUT2D eigenvalue weighted by Crippen LogP contribution is 2.18. The van der Waals surface area contributed by atoms with Crippen molar-refractivity contribution in [2.75, 3.05) is 32.6 Å². The predicted molar refractivity (Wildman–Crippen MR) is 78.8 cm³/mol. The summed E-state index contributed by atoms with van der Waals surface area (Å²) >= 11 is 0. The molecule has 1 heterocycles. The predicted octanol–water partition coefficient (Wildman–Crippen LogP) is 2.84. The standard InChI is InChI=1S/C15H19N3/c1-17(2)15-6-4-14(5-7-15)16-12-13-8-10-18(3)11-9-13/h4-10,12H,11H2,1-3H3. The van der Waals surface area contributed by atoms with E-state index in [1.165, 1.54) is 5.69 Å². The van der Waals surface area contributed by atoms with Crippen LogP contribution in [0.2, 0.25) is 0 Å². The second-order valence-electron chi connectivity index (χ2n) is 4.63. The molecule has 0 saturated carbocycles. The van der Waals surface area contributed by atoms with Gasteiger partial charge in [-0.05, 0) is 42.1 Å². The molecule has 0 amide bonds. The SMILES string of the molecule is CN1C=CC(C=Nc2ccc(N(C)C)cc2)=CC1. The molecule has 0 fully saturated rings. The molecule has 1 aliphatic rings. The Morgan fingerprint density at radius 1 is 1.22 bits per heavy atom. The van der Waals surface area contributed by atoms with E-state index in [0.29, 0.717) is 0 Å². The van der Waals surface area contributed by atoms with Crippen LogP contribution in [-0.4, -0.2) is 38.8 Å². The first-order chi connectivity index (χ1) is 8.65. The smallest absolute Gasteiger partial charge is 0.0631 e. The maximum Gasteiger partial charge on any atom is 0.0631 e. The number of allylic oxidation sites excluding steroid dienone is 2. The molecular weight excluding hydrogens is 222 g/mol. The second-order valence-corrected chi connectivity index (χ2v) is 4.63. The van der Waals surface area contributed by atoms with Gasteiger partial charge in [0, 0.05) is 39.6 Å². The van der Waals surface area contributed by atoms with Crippen molar-refractivity contribution in [3.05, 3.63) is 48.2 Å². The first-order valence-corrected chi connectivity index (χ1v) is 6.05. The Kier molecular flexibility index (Phi) is 3.82. The zero-order valence-electron chi connectivity index (χ0n) is 11.2. The number of hydrogen-bond acceptors (Lipinski definition) is 3. The van der Waals surface area contributed by atoms with Crippen LogP contribution in [0.4, 0.5) is 11.4 Å². The molecule has 18 heavy (non-hydrogen) atoms. The molecule has 94 valence electrons. The molecular formula is C15H19N3. The molecule has 0 aliphatic carbocycles. The quantitative estimate of drug-likeness (QED) is 0.758. The molecule has 0 bridgehead atoms. The van der Waals surface area contributed by atoms with Crippen LogP contribution in [0.5, 0.6) is 0 Å². The van der Waals surface area contributed by atoms with Gasteiger partial charge in [0.15, 0.2) is 0 Å². The highest BCUT2D eigenvalue weighted by molar-refractivity contribution is 5.84. The Bertz CT molecular complexity index is 481. The number of anilines is 1. The lowest BCUT2D eigenvalue weighted by Crippen LogP contribution is -2.13. The topological polar surface area (TPSA) is 18.8 Å². The molecule has 3 nitrogen and oxygen atoms in total. The van der Waals surface area contributed by atoms with Crippen molar-refractivity contribution >= 4 is 17.6 Å². The highest BCUT2D eigenvalue weighted by atomic mass is 15.1. The van der Waals surface area contributed by atoms with E-state index in [9.17, 15) is 0 Å². The van der Waals surface area contributed by atoms with Crippen LogP contribution in [0.25, 0.3) is 0 Å². The molecule has 1 aromatic rings. The van der Waals surface area contributed by atoms with E-state index >= 15 is 0 Å². The van der Waals surface area contributed by atoms with Crippen molar-refractivity contribution in [1.82, 2.24) is 4.90 Å². The maximum atomic E-state index is 4.47. The molecule has 0 aromatic heterocycles. The van der Waals surface area contributed by atoms with E-state index in [4.69, 9.17) is 0 Å². The lowest BCUT2D eigenvalue weighted by molar-refractivity contribution is 0.504. The van der Waals surface area contributed by atoms with Crippen LogP contribution in [0.1, 0.15) is 0 Å². The molecule has 0 saturated heterocycles. The summed E-state index contributed by atoms with van der Waals surface area (Å²) in [7, 11) is 6.12. The minimum absolute atomic E-state index is 0.942. The summed E-state index contributed by atoms with van der Waals surface area (Å²) in [6.45, 7) is 0.942. The van der Waals surface area contributed by atoms with E-state index < -0.39 is 0 Å². The van der Waals surface area contributed by atoms with Crippen LogP contribution >= 0.6 is 0 Å². The first-order valence-electron chi connectivity index (χ1n) is 6.05. The van der Waals surface area contributed by atoms with Gasteiger partial charge in [0.05, 0.1) is 5.69 Å². The van der Waals surface area contributed by atoms with Crippen LogP contribution < -0.4 is 4.90 Å². The molecule has 0 spiro atoms. The van der Waals surface area contributed by atoms with Gasteiger partial charge in [0.25, 0.3) is 0 Å². The summed E-state index contributed by atoms with van der Waals surface area (Å²) < 4.78 is 0. The van der Waals surface area contributed by atoms with Gasteiger partial charge in [-0.25, -0.2) is 0 Å². The normalized spacial score (nSPS) is 15.1. The summed E-state index contributed by atoms with van der Waals surface area (Å²) in [5.74, 6) is 0. The van der Waals surface area contributed by atoms with Gasteiger partial charge >= 0.3 is 0 Å². The fraction of sp³-hybridized carbons (Fsp3) is 0.267. The molecule has 0 N–H and O–H groups in total. The average molecular weight is 241 g/mol. The van der Waals surface area contributed by atoms with Crippen molar-refractivity contribution in [3.8, 4) is 0 Å². The van der Waals surface area contributed by atoms with Crippen molar-refractivity contribution in [1.29, 1.82) is 0 Å². The van der Waals surface area contributed by atoms with Crippen LogP contribution in [-0.2, 0) is 0 Å². The van der Waals surface area contributed by atoms with Crippen LogP contribution in [0, 0.1) is 0 Å². The van der Waals surface area contributed by atoms with Crippen LogP contribution in [0.15, 0.2) is 53.2 Å². The fourth-order valence-electron chi connectivity index (χ4n) is 1.67. The summed E-state index contributed by atoms with van der Waals surface area (Å²) in [6.07, 6.45) is 8.21. The van der Waals surface area contributed by atoms with Gasteiger partial charge in [0.1, 0.15) is 0 Å². The van der Waals surface area contributed by atoms with Gasteiger partial charge in [-0.3, -0.25) is 4.99 Å². The lowest BCUT2D eigenvalue weighted by Gasteiger charge is -2.15. The van der Waals surface area contributed by atoms with Gasteiger partial charge in [0.2, 0.25) is 0 Å². The molecule has 3 heteroatoms.